The number of guanidine groups is 1. The SMILES string of the molecule is CC[C@H](C)[C@H](NC(=O)[C@@H]1CCCN1C(=O)[C@@H](NC(=O)[C@H](CCC(N)=O)NC(=O)[C@@H]1CCCN1C(=O)[C@H](CCCN=C(N)N)NC(=O)[C@@H](NC(=O)[C@@H]1CCCN1C(=O)[C@@H](N)Cc1ccccc1)C(C)C)C(C)C)C(=O)O. The van der Waals surface area contributed by atoms with E-state index in [4.69, 9.17) is 22.9 Å². The molecule has 3 aliphatic rings. The highest BCUT2D eigenvalue weighted by Crippen LogP contribution is 2.24. The minimum absolute atomic E-state index is 0.0148. The quantitative estimate of drug-likeness (QED) is 0.0279. The van der Waals surface area contributed by atoms with Crippen molar-refractivity contribution in [2.45, 2.75) is 173 Å². The molecule has 24 nitrogen and oxygen atoms in total. The summed E-state index contributed by atoms with van der Waals surface area (Å²) in [5.41, 5.74) is 23.8. The Morgan fingerprint density at radius 1 is 0.627 bits per heavy atom. The number of nitrogens with zero attached hydrogens (tertiary/aromatic N) is 4. The first-order valence-corrected chi connectivity index (χ1v) is 26.3. The van der Waals surface area contributed by atoms with Crippen molar-refractivity contribution in [2.24, 2.45) is 45.7 Å². The molecule has 3 heterocycles. The van der Waals surface area contributed by atoms with E-state index < -0.39 is 125 Å². The number of amides is 9. The van der Waals surface area contributed by atoms with E-state index in [9.17, 15) is 53.1 Å². The molecule has 9 amide bonds. The van der Waals surface area contributed by atoms with Crippen molar-refractivity contribution in [2.75, 3.05) is 26.2 Å². The molecule has 75 heavy (non-hydrogen) atoms. The number of carboxylic acids is 1. The summed E-state index contributed by atoms with van der Waals surface area (Å²) in [6.45, 7) is 10.9. The van der Waals surface area contributed by atoms with E-state index in [-0.39, 0.29) is 76.5 Å². The van der Waals surface area contributed by atoms with Crippen LogP contribution < -0.4 is 49.5 Å². The third-order valence-electron chi connectivity index (χ3n) is 14.3. The molecule has 416 valence electrons. The maximum absolute atomic E-state index is 14.6. The van der Waals surface area contributed by atoms with Crippen molar-refractivity contribution in [3.63, 3.8) is 0 Å². The number of benzene rings is 1. The summed E-state index contributed by atoms with van der Waals surface area (Å²) < 4.78 is 0. The Morgan fingerprint density at radius 3 is 1.63 bits per heavy atom. The topological polar surface area (TPSA) is 377 Å². The van der Waals surface area contributed by atoms with Crippen molar-refractivity contribution in [1.29, 1.82) is 0 Å². The van der Waals surface area contributed by atoms with Crippen molar-refractivity contribution in [3.8, 4) is 0 Å². The van der Waals surface area contributed by atoms with Gasteiger partial charge in [-0.25, -0.2) is 4.79 Å². The second-order valence-electron chi connectivity index (χ2n) is 20.6. The lowest BCUT2D eigenvalue weighted by Crippen LogP contribution is -2.61. The van der Waals surface area contributed by atoms with E-state index in [0.29, 0.717) is 38.6 Å². The number of hydrogen-bond acceptors (Lipinski definition) is 12. The number of hydrogen-bond donors (Lipinski definition) is 10. The van der Waals surface area contributed by atoms with Gasteiger partial charge in [-0.05, 0) is 87.5 Å². The van der Waals surface area contributed by atoms with Gasteiger partial charge in [0.2, 0.25) is 53.2 Å². The van der Waals surface area contributed by atoms with Gasteiger partial charge in [-0.3, -0.25) is 48.1 Å². The highest BCUT2D eigenvalue weighted by molar-refractivity contribution is 5.99. The summed E-state index contributed by atoms with van der Waals surface area (Å²) in [5.74, 6) is -8.65. The molecule has 3 aliphatic heterocycles. The number of aliphatic carboxylic acids is 1. The summed E-state index contributed by atoms with van der Waals surface area (Å²) in [6, 6.07) is -0.860. The molecule has 0 radical (unpaired) electrons. The molecule has 0 bridgehead atoms. The summed E-state index contributed by atoms with van der Waals surface area (Å²) in [5, 5.41) is 23.4. The second-order valence-corrected chi connectivity index (χ2v) is 20.6. The van der Waals surface area contributed by atoms with Crippen LogP contribution in [0, 0.1) is 17.8 Å². The number of rotatable bonds is 27. The first-order valence-electron chi connectivity index (χ1n) is 26.3. The van der Waals surface area contributed by atoms with Crippen LogP contribution >= 0.6 is 0 Å². The zero-order chi connectivity index (χ0) is 55.7. The average Bonchev–Trinajstić information content (AvgIpc) is 4.18. The number of likely N-dealkylation sites (tertiary alicyclic amines) is 3. The maximum atomic E-state index is 14.6. The fourth-order valence-corrected chi connectivity index (χ4v) is 9.79. The number of aliphatic imine (C=N–C) groups is 1. The molecular formula is C51H81N13O11. The Bertz CT molecular complexity index is 2230. The first kappa shape index (κ1) is 60.7. The third kappa shape index (κ3) is 17.1. The average molecular weight is 1050 g/mol. The Hall–Kier alpha value is -6.85. The Kier molecular flexibility index (Phi) is 23.2. The highest BCUT2D eigenvalue weighted by Gasteiger charge is 2.44. The number of carbonyl (C=O) groups excluding carboxylic acids is 9. The van der Waals surface area contributed by atoms with Crippen LogP contribution in [0.2, 0.25) is 0 Å². The molecule has 0 aliphatic carbocycles. The van der Waals surface area contributed by atoms with Gasteiger partial charge in [-0.1, -0.05) is 78.3 Å². The molecule has 10 atom stereocenters. The molecule has 24 heteroatoms. The number of nitrogens with two attached hydrogens (primary N) is 4. The predicted molar refractivity (Wildman–Crippen MR) is 277 cm³/mol. The fraction of sp³-hybridized carbons (Fsp3) is 0.667. The largest absolute Gasteiger partial charge is 0.480 e. The number of carbonyl (C=O) groups is 10. The molecule has 14 N–H and O–H groups in total. The molecular weight excluding hydrogens is 971 g/mol. The second kappa shape index (κ2) is 28.7. The number of primary amides is 1. The normalized spacial score (nSPS) is 20.2. The summed E-state index contributed by atoms with van der Waals surface area (Å²) in [6.07, 6.45) is 2.52. The van der Waals surface area contributed by atoms with Crippen molar-refractivity contribution >= 4 is 65.1 Å². The predicted octanol–water partition coefficient (Wildman–Crippen LogP) is -1.28. The van der Waals surface area contributed by atoms with Gasteiger partial charge in [0, 0.05) is 32.6 Å². The molecule has 3 fully saturated rings. The number of carboxylic acid groups (broad SMARTS) is 1. The smallest absolute Gasteiger partial charge is 0.326 e. The first-order chi connectivity index (χ1) is 35.5. The van der Waals surface area contributed by atoms with Crippen LogP contribution in [0.15, 0.2) is 35.3 Å². The minimum atomic E-state index is -1.42. The van der Waals surface area contributed by atoms with E-state index >= 15 is 0 Å². The Labute approximate surface area is 439 Å². The zero-order valence-electron chi connectivity index (χ0n) is 44.3. The van der Waals surface area contributed by atoms with Crippen molar-refractivity contribution in [1.82, 2.24) is 41.3 Å². The molecule has 0 spiro atoms. The van der Waals surface area contributed by atoms with E-state index in [0.717, 1.165) is 5.56 Å². The molecule has 1 aromatic rings. The molecule has 3 saturated heterocycles. The van der Waals surface area contributed by atoms with Crippen LogP contribution in [0.4, 0.5) is 0 Å². The van der Waals surface area contributed by atoms with Crippen LogP contribution in [0.3, 0.4) is 0 Å². The molecule has 1 aromatic carbocycles. The number of nitrogens with one attached hydrogen (secondary N) is 5. The highest BCUT2D eigenvalue weighted by atomic mass is 16.4. The maximum Gasteiger partial charge on any atom is 0.326 e. The minimum Gasteiger partial charge on any atom is -0.480 e. The van der Waals surface area contributed by atoms with Gasteiger partial charge in [0.1, 0.15) is 48.3 Å². The van der Waals surface area contributed by atoms with Crippen LogP contribution in [-0.4, -0.2) is 165 Å². The molecule has 0 saturated carbocycles. The van der Waals surface area contributed by atoms with E-state index in [1.807, 2.05) is 30.3 Å². The molecule has 0 aromatic heterocycles. The summed E-state index contributed by atoms with van der Waals surface area (Å²) in [7, 11) is 0. The summed E-state index contributed by atoms with van der Waals surface area (Å²) >= 11 is 0. The summed E-state index contributed by atoms with van der Waals surface area (Å²) in [4.78, 5) is 144. The molecule has 0 unspecified atom stereocenters. The van der Waals surface area contributed by atoms with Gasteiger partial charge in [0.25, 0.3) is 0 Å². The van der Waals surface area contributed by atoms with Crippen LogP contribution in [-0.2, 0) is 54.4 Å². The van der Waals surface area contributed by atoms with Gasteiger partial charge in [0.15, 0.2) is 5.96 Å². The van der Waals surface area contributed by atoms with Gasteiger partial charge in [-0.2, -0.15) is 0 Å². The van der Waals surface area contributed by atoms with E-state index in [1.54, 1.807) is 41.5 Å². The van der Waals surface area contributed by atoms with Crippen LogP contribution in [0.5, 0.6) is 0 Å². The third-order valence-corrected chi connectivity index (χ3v) is 14.3. The van der Waals surface area contributed by atoms with Gasteiger partial charge in [0.05, 0.1) is 6.04 Å². The lowest BCUT2D eigenvalue weighted by Gasteiger charge is -2.33. The standard InChI is InChI=1S/C51H81N13O11/c1-7-30(6)41(50(74)75)61-45(69)37-20-14-26-64(37)49(73)40(29(4)5)60-42(66)33(21-22-38(53)65)57-43(67)35-18-13-25-63(35)48(72)34(17-11-23-56-51(54)55)58-46(70)39(28(2)3)59-44(68)36-19-12-24-62(36)47(71)32(52)27-31-15-9-8-10-16-31/h8-10,15-16,28-30,32-37,39-41H,7,11-14,17-27,52H2,1-6H3,(H2,53,65)(H,57,67)(H,58,70)(H,59,68)(H,60,66)(H,61,69)(H,74,75)(H4,54,55,56)/t30-,32-,33-,34-,35-,36-,37-,39-,40-,41-/m0/s1. The van der Waals surface area contributed by atoms with Gasteiger partial charge < -0.3 is 69.3 Å². The fourth-order valence-electron chi connectivity index (χ4n) is 9.79. The van der Waals surface area contributed by atoms with E-state index in [2.05, 4.69) is 31.6 Å². The monoisotopic (exact) mass is 1050 g/mol. The Morgan fingerprint density at radius 2 is 1.13 bits per heavy atom. The zero-order valence-corrected chi connectivity index (χ0v) is 44.3. The van der Waals surface area contributed by atoms with Crippen molar-refractivity contribution < 1.29 is 53.1 Å². The lowest BCUT2D eigenvalue weighted by atomic mass is 9.98. The lowest BCUT2D eigenvalue weighted by molar-refractivity contribution is -0.146. The van der Waals surface area contributed by atoms with Crippen LogP contribution in [0.25, 0.3) is 0 Å². The van der Waals surface area contributed by atoms with Crippen molar-refractivity contribution in [3.05, 3.63) is 35.9 Å². The van der Waals surface area contributed by atoms with Crippen LogP contribution in [0.1, 0.15) is 118 Å². The molecule has 4 rings (SSSR count). The van der Waals surface area contributed by atoms with E-state index in [1.165, 1.54) is 14.7 Å². The van der Waals surface area contributed by atoms with Gasteiger partial charge >= 0.3 is 5.97 Å². The van der Waals surface area contributed by atoms with Gasteiger partial charge in [-0.15, -0.1) is 0 Å². The Balaban J connectivity index is 1.50.